The summed E-state index contributed by atoms with van der Waals surface area (Å²) in [6.45, 7) is 4.51. The highest BCUT2D eigenvalue weighted by Crippen LogP contribution is 2.37. The molecule has 0 spiro atoms. The maximum absolute atomic E-state index is 12.5. The maximum Gasteiger partial charge on any atom is 0.261 e. The van der Waals surface area contributed by atoms with Gasteiger partial charge < -0.3 is 4.74 Å². The Balaban J connectivity index is 1.66. The van der Waals surface area contributed by atoms with Crippen LogP contribution in [0.4, 0.5) is 5.13 Å². The van der Waals surface area contributed by atoms with Crippen LogP contribution in [0.3, 0.4) is 0 Å². The van der Waals surface area contributed by atoms with E-state index in [1.807, 2.05) is 31.2 Å². The van der Waals surface area contributed by atoms with Crippen LogP contribution in [0.1, 0.15) is 35.0 Å². The number of hydrogen-bond acceptors (Lipinski definition) is 6. The van der Waals surface area contributed by atoms with E-state index in [4.69, 9.17) is 4.74 Å². The normalized spacial score (nSPS) is 11.8. The zero-order valence-corrected chi connectivity index (χ0v) is 16.1. The average molecular weight is 386 g/mol. The van der Waals surface area contributed by atoms with Crippen molar-refractivity contribution in [1.29, 1.82) is 0 Å². The molecule has 0 aliphatic rings. The van der Waals surface area contributed by atoms with Gasteiger partial charge in [-0.05, 0) is 31.5 Å². The molecule has 0 fully saturated rings. The standard InChI is InChI=1S/C19H19N3O2S2/c1-3-24-16-12-8-7-11-15(16)17(23)20-18-21-22-19(26-18)25-13(2)14-9-5-4-6-10-14/h4-13H,3H2,1-2H3,(H,20,21,23)/t13-/m0/s1. The van der Waals surface area contributed by atoms with Crippen molar-refractivity contribution in [2.45, 2.75) is 23.4 Å². The number of anilines is 1. The molecule has 134 valence electrons. The van der Waals surface area contributed by atoms with Crippen LogP contribution in [0.25, 0.3) is 0 Å². The predicted molar refractivity (Wildman–Crippen MR) is 106 cm³/mol. The molecule has 1 N–H and O–H groups in total. The van der Waals surface area contributed by atoms with Gasteiger partial charge in [0.1, 0.15) is 5.75 Å². The fourth-order valence-corrected chi connectivity index (χ4v) is 4.37. The van der Waals surface area contributed by atoms with Gasteiger partial charge in [-0.25, -0.2) is 0 Å². The van der Waals surface area contributed by atoms with Crippen molar-refractivity contribution in [2.75, 3.05) is 11.9 Å². The van der Waals surface area contributed by atoms with Crippen LogP contribution in [0.5, 0.6) is 5.75 Å². The smallest absolute Gasteiger partial charge is 0.261 e. The number of carbonyl (C=O) groups excluding carboxylic acids is 1. The summed E-state index contributed by atoms with van der Waals surface area (Å²) in [5, 5.41) is 11.8. The zero-order valence-electron chi connectivity index (χ0n) is 14.5. The Morgan fingerprint density at radius 2 is 1.88 bits per heavy atom. The summed E-state index contributed by atoms with van der Waals surface area (Å²) in [4.78, 5) is 12.5. The van der Waals surface area contributed by atoms with Crippen LogP contribution in [0, 0.1) is 0 Å². The SMILES string of the molecule is CCOc1ccccc1C(=O)Nc1nnc(S[C@@H](C)c2ccccc2)s1. The van der Waals surface area contributed by atoms with Gasteiger partial charge in [-0.1, -0.05) is 65.6 Å². The largest absolute Gasteiger partial charge is 0.493 e. The van der Waals surface area contributed by atoms with E-state index in [0.29, 0.717) is 23.1 Å². The van der Waals surface area contributed by atoms with E-state index in [1.165, 1.54) is 16.9 Å². The molecule has 0 bridgehead atoms. The second kappa shape index (κ2) is 8.82. The molecular formula is C19H19N3O2S2. The highest BCUT2D eigenvalue weighted by atomic mass is 32.2. The summed E-state index contributed by atoms with van der Waals surface area (Å²) >= 11 is 2.99. The molecule has 2 aromatic carbocycles. The van der Waals surface area contributed by atoms with Crippen molar-refractivity contribution in [3.63, 3.8) is 0 Å². The van der Waals surface area contributed by atoms with Crippen molar-refractivity contribution < 1.29 is 9.53 Å². The molecule has 5 nitrogen and oxygen atoms in total. The van der Waals surface area contributed by atoms with Crippen molar-refractivity contribution in [3.05, 3.63) is 65.7 Å². The van der Waals surface area contributed by atoms with Gasteiger partial charge in [0.15, 0.2) is 4.34 Å². The fraction of sp³-hybridized carbons (Fsp3) is 0.211. The number of aromatic nitrogens is 2. The third-order valence-corrected chi connectivity index (χ3v) is 5.69. The molecule has 3 aromatic rings. The molecule has 1 atom stereocenters. The molecule has 0 aliphatic carbocycles. The Morgan fingerprint density at radius 3 is 2.65 bits per heavy atom. The Bertz CT molecular complexity index is 868. The topological polar surface area (TPSA) is 64.1 Å². The first-order valence-electron chi connectivity index (χ1n) is 8.25. The molecule has 0 saturated carbocycles. The average Bonchev–Trinajstić information content (AvgIpc) is 3.10. The number of nitrogens with one attached hydrogen (secondary N) is 1. The molecule has 7 heteroatoms. The Kier molecular flexibility index (Phi) is 6.25. The van der Waals surface area contributed by atoms with Crippen molar-refractivity contribution >= 4 is 34.1 Å². The number of nitrogens with zero attached hydrogens (tertiary/aromatic N) is 2. The first-order valence-corrected chi connectivity index (χ1v) is 9.95. The number of para-hydroxylation sites is 1. The van der Waals surface area contributed by atoms with E-state index in [-0.39, 0.29) is 11.2 Å². The van der Waals surface area contributed by atoms with E-state index in [0.717, 1.165) is 4.34 Å². The number of amides is 1. The highest BCUT2D eigenvalue weighted by molar-refractivity contribution is 8.01. The Labute approximate surface area is 160 Å². The maximum atomic E-state index is 12.5. The molecule has 0 unspecified atom stereocenters. The van der Waals surface area contributed by atoms with Crippen LogP contribution in [0.15, 0.2) is 58.9 Å². The molecule has 1 aromatic heterocycles. The predicted octanol–water partition coefficient (Wildman–Crippen LogP) is 5.04. The monoisotopic (exact) mass is 385 g/mol. The number of hydrogen-bond donors (Lipinski definition) is 1. The molecule has 1 heterocycles. The second-order valence-corrected chi connectivity index (χ2v) is 7.99. The molecule has 1 amide bonds. The van der Waals surface area contributed by atoms with Crippen LogP contribution >= 0.6 is 23.1 Å². The summed E-state index contributed by atoms with van der Waals surface area (Å²) in [6, 6.07) is 17.4. The van der Waals surface area contributed by atoms with Gasteiger partial charge in [-0.2, -0.15) is 0 Å². The lowest BCUT2D eigenvalue weighted by Gasteiger charge is -2.09. The van der Waals surface area contributed by atoms with Gasteiger partial charge >= 0.3 is 0 Å². The van der Waals surface area contributed by atoms with E-state index in [1.54, 1.807) is 30.0 Å². The minimum atomic E-state index is -0.252. The molecular weight excluding hydrogens is 366 g/mol. The van der Waals surface area contributed by atoms with E-state index >= 15 is 0 Å². The molecule has 0 radical (unpaired) electrons. The van der Waals surface area contributed by atoms with Crippen molar-refractivity contribution in [3.8, 4) is 5.75 Å². The van der Waals surface area contributed by atoms with Crippen LogP contribution in [0.2, 0.25) is 0 Å². The summed E-state index contributed by atoms with van der Waals surface area (Å²) in [6.07, 6.45) is 0. The van der Waals surface area contributed by atoms with Gasteiger partial charge in [0, 0.05) is 5.25 Å². The first kappa shape index (κ1) is 18.4. The fourth-order valence-electron chi connectivity index (χ4n) is 2.35. The van der Waals surface area contributed by atoms with E-state index < -0.39 is 0 Å². The van der Waals surface area contributed by atoms with E-state index in [2.05, 4.69) is 34.6 Å². The number of ether oxygens (including phenoxy) is 1. The lowest BCUT2D eigenvalue weighted by Crippen LogP contribution is -2.13. The molecule has 26 heavy (non-hydrogen) atoms. The Morgan fingerprint density at radius 1 is 1.15 bits per heavy atom. The quantitative estimate of drug-likeness (QED) is 0.456. The van der Waals surface area contributed by atoms with E-state index in [9.17, 15) is 4.79 Å². The summed E-state index contributed by atoms with van der Waals surface area (Å²) in [7, 11) is 0. The number of benzene rings is 2. The number of rotatable bonds is 7. The summed E-state index contributed by atoms with van der Waals surface area (Å²) < 4.78 is 6.32. The minimum Gasteiger partial charge on any atom is -0.493 e. The third kappa shape index (κ3) is 4.62. The lowest BCUT2D eigenvalue weighted by molar-refractivity contribution is 0.102. The Hall–Kier alpha value is -2.38. The number of carbonyl (C=O) groups is 1. The molecule has 0 saturated heterocycles. The lowest BCUT2D eigenvalue weighted by atomic mass is 10.2. The summed E-state index contributed by atoms with van der Waals surface area (Å²) in [5.74, 6) is 0.308. The third-order valence-electron chi connectivity index (χ3n) is 3.61. The van der Waals surface area contributed by atoms with Crippen molar-refractivity contribution in [2.24, 2.45) is 0 Å². The van der Waals surface area contributed by atoms with Crippen LogP contribution < -0.4 is 10.1 Å². The van der Waals surface area contributed by atoms with Gasteiger partial charge in [0.25, 0.3) is 5.91 Å². The highest BCUT2D eigenvalue weighted by Gasteiger charge is 2.16. The van der Waals surface area contributed by atoms with Gasteiger partial charge in [0.05, 0.1) is 12.2 Å². The second-order valence-electron chi connectivity index (χ2n) is 5.43. The van der Waals surface area contributed by atoms with Crippen LogP contribution in [-0.2, 0) is 0 Å². The van der Waals surface area contributed by atoms with Crippen LogP contribution in [-0.4, -0.2) is 22.7 Å². The van der Waals surface area contributed by atoms with Gasteiger partial charge in [0.2, 0.25) is 5.13 Å². The minimum absolute atomic E-state index is 0.252. The zero-order chi connectivity index (χ0) is 18.4. The first-order chi connectivity index (χ1) is 12.7. The van der Waals surface area contributed by atoms with Gasteiger partial charge in [-0.3, -0.25) is 10.1 Å². The van der Waals surface area contributed by atoms with Gasteiger partial charge in [-0.15, -0.1) is 10.2 Å². The summed E-state index contributed by atoms with van der Waals surface area (Å²) in [5.41, 5.74) is 1.71. The molecule has 0 aliphatic heterocycles. The number of thioether (sulfide) groups is 1. The molecule has 3 rings (SSSR count). The van der Waals surface area contributed by atoms with Crippen molar-refractivity contribution in [1.82, 2.24) is 10.2 Å².